The molecule has 6 heteroatoms. The molecule has 0 saturated carbocycles. The van der Waals surface area contributed by atoms with Gasteiger partial charge in [0.2, 0.25) is 5.91 Å². The van der Waals surface area contributed by atoms with Gasteiger partial charge in [0, 0.05) is 38.4 Å². The number of nitrogens with zero attached hydrogens (tertiary/aromatic N) is 3. The maximum Gasteiger partial charge on any atom is 0.226 e. The largest absolute Gasteiger partial charge is 0.397 e. The molecule has 1 amide bonds. The van der Waals surface area contributed by atoms with Crippen molar-refractivity contribution in [2.75, 3.05) is 52.0 Å². The summed E-state index contributed by atoms with van der Waals surface area (Å²) >= 11 is 0. The van der Waals surface area contributed by atoms with Crippen LogP contribution in [-0.4, -0.2) is 67.0 Å². The highest BCUT2D eigenvalue weighted by atomic mass is 16.1. The zero-order valence-corrected chi connectivity index (χ0v) is 12.7. The van der Waals surface area contributed by atoms with E-state index in [-0.39, 0.29) is 5.91 Å². The minimum atomic E-state index is 0.0191. The molecule has 0 radical (unpaired) electrons. The van der Waals surface area contributed by atoms with Crippen molar-refractivity contribution in [2.45, 2.75) is 12.8 Å². The molecule has 1 fully saturated rings. The molecular formula is C15H25N5O. The fourth-order valence-corrected chi connectivity index (χ4v) is 2.37. The molecule has 1 aliphatic rings. The molecule has 1 aromatic heterocycles. The zero-order valence-electron chi connectivity index (χ0n) is 12.7. The van der Waals surface area contributed by atoms with Gasteiger partial charge in [-0.25, -0.2) is 0 Å². The average molecular weight is 291 g/mol. The Kier molecular flexibility index (Phi) is 5.95. The van der Waals surface area contributed by atoms with Gasteiger partial charge in [0.25, 0.3) is 0 Å². The van der Waals surface area contributed by atoms with Crippen molar-refractivity contribution in [2.24, 2.45) is 0 Å². The van der Waals surface area contributed by atoms with Crippen LogP contribution in [0.5, 0.6) is 0 Å². The molecule has 6 nitrogen and oxygen atoms in total. The highest BCUT2D eigenvalue weighted by Gasteiger charge is 2.12. The Labute approximate surface area is 126 Å². The Hall–Kier alpha value is -1.66. The number of pyridine rings is 1. The minimum absolute atomic E-state index is 0.0191. The standard InChI is InChI=1S/C15H25N5O/c1-19-7-9-20(10-8-19)6-2-5-17-15(21)11-14-4-3-13(16)12-18-14/h3-4,12H,2,5-11,16H2,1H3,(H,17,21). The Morgan fingerprint density at radius 2 is 2.10 bits per heavy atom. The number of nitrogens with two attached hydrogens (primary N) is 1. The molecular weight excluding hydrogens is 266 g/mol. The van der Waals surface area contributed by atoms with E-state index in [9.17, 15) is 4.79 Å². The van der Waals surface area contributed by atoms with Crippen LogP contribution >= 0.6 is 0 Å². The highest BCUT2D eigenvalue weighted by Crippen LogP contribution is 2.02. The second kappa shape index (κ2) is 7.95. The Balaban J connectivity index is 1.58. The predicted molar refractivity (Wildman–Crippen MR) is 83.9 cm³/mol. The van der Waals surface area contributed by atoms with Crippen LogP contribution < -0.4 is 11.1 Å². The van der Waals surface area contributed by atoms with E-state index in [0.717, 1.165) is 51.4 Å². The topological polar surface area (TPSA) is 74.5 Å². The third-order valence-electron chi connectivity index (χ3n) is 3.76. The number of piperazine rings is 1. The summed E-state index contributed by atoms with van der Waals surface area (Å²) in [5.41, 5.74) is 6.93. The normalized spacial score (nSPS) is 16.8. The van der Waals surface area contributed by atoms with E-state index < -0.39 is 0 Å². The lowest BCUT2D eigenvalue weighted by atomic mass is 10.2. The SMILES string of the molecule is CN1CCN(CCCNC(=O)Cc2ccc(N)cn2)CC1. The molecule has 0 spiro atoms. The van der Waals surface area contributed by atoms with Gasteiger partial charge < -0.3 is 20.9 Å². The van der Waals surface area contributed by atoms with E-state index in [0.29, 0.717) is 12.1 Å². The number of amides is 1. The third kappa shape index (κ3) is 5.69. The van der Waals surface area contributed by atoms with Gasteiger partial charge >= 0.3 is 0 Å². The molecule has 3 N–H and O–H groups in total. The fourth-order valence-electron chi connectivity index (χ4n) is 2.37. The maximum atomic E-state index is 11.8. The number of nitrogen functional groups attached to an aromatic ring is 1. The summed E-state index contributed by atoms with van der Waals surface area (Å²) in [6, 6.07) is 3.56. The summed E-state index contributed by atoms with van der Waals surface area (Å²) in [5, 5.41) is 2.95. The van der Waals surface area contributed by atoms with Crippen LogP contribution in [0.4, 0.5) is 5.69 Å². The van der Waals surface area contributed by atoms with Gasteiger partial charge in [0.1, 0.15) is 0 Å². The molecule has 116 valence electrons. The first-order valence-corrected chi connectivity index (χ1v) is 7.51. The molecule has 0 atom stereocenters. The van der Waals surface area contributed by atoms with E-state index in [1.807, 2.05) is 0 Å². The van der Waals surface area contributed by atoms with E-state index in [2.05, 4.69) is 27.1 Å². The smallest absolute Gasteiger partial charge is 0.226 e. The van der Waals surface area contributed by atoms with Gasteiger partial charge in [-0.1, -0.05) is 0 Å². The number of hydrogen-bond donors (Lipinski definition) is 2. The first kappa shape index (κ1) is 15.7. The number of likely N-dealkylation sites (N-methyl/N-ethyl adjacent to an activating group) is 1. The van der Waals surface area contributed by atoms with Crippen LogP contribution in [0.3, 0.4) is 0 Å². The molecule has 1 saturated heterocycles. The van der Waals surface area contributed by atoms with Gasteiger partial charge in [-0.2, -0.15) is 0 Å². The lowest BCUT2D eigenvalue weighted by molar-refractivity contribution is -0.120. The van der Waals surface area contributed by atoms with Crippen LogP contribution in [0.1, 0.15) is 12.1 Å². The van der Waals surface area contributed by atoms with Crippen LogP contribution in [0, 0.1) is 0 Å². The van der Waals surface area contributed by atoms with Crippen molar-refractivity contribution >= 4 is 11.6 Å². The summed E-state index contributed by atoms with van der Waals surface area (Å²) in [6.07, 6.45) is 2.88. The molecule has 1 aromatic rings. The highest BCUT2D eigenvalue weighted by molar-refractivity contribution is 5.78. The molecule has 0 aliphatic carbocycles. The first-order valence-electron chi connectivity index (χ1n) is 7.51. The van der Waals surface area contributed by atoms with Gasteiger partial charge in [0.05, 0.1) is 18.3 Å². The van der Waals surface area contributed by atoms with Gasteiger partial charge in [-0.05, 0) is 32.1 Å². The number of aromatic nitrogens is 1. The minimum Gasteiger partial charge on any atom is -0.397 e. The first-order chi connectivity index (χ1) is 10.1. The van der Waals surface area contributed by atoms with Crippen LogP contribution in [-0.2, 0) is 11.2 Å². The van der Waals surface area contributed by atoms with Crippen molar-refractivity contribution in [1.29, 1.82) is 0 Å². The van der Waals surface area contributed by atoms with Crippen molar-refractivity contribution in [1.82, 2.24) is 20.1 Å². The average Bonchev–Trinajstić information content (AvgIpc) is 2.48. The molecule has 0 aromatic carbocycles. The Morgan fingerprint density at radius 3 is 2.76 bits per heavy atom. The van der Waals surface area contributed by atoms with E-state index >= 15 is 0 Å². The summed E-state index contributed by atoms with van der Waals surface area (Å²) < 4.78 is 0. The number of anilines is 1. The predicted octanol–water partition coefficient (Wildman–Crippen LogP) is -0.0400. The van der Waals surface area contributed by atoms with E-state index in [4.69, 9.17) is 5.73 Å². The van der Waals surface area contributed by atoms with Gasteiger partial charge in [-0.15, -0.1) is 0 Å². The van der Waals surface area contributed by atoms with Crippen LogP contribution in [0.2, 0.25) is 0 Å². The van der Waals surface area contributed by atoms with Crippen molar-refractivity contribution in [3.8, 4) is 0 Å². The molecule has 2 rings (SSSR count). The van der Waals surface area contributed by atoms with E-state index in [1.54, 1.807) is 18.3 Å². The monoisotopic (exact) mass is 291 g/mol. The number of rotatable bonds is 6. The summed E-state index contributed by atoms with van der Waals surface area (Å²) in [4.78, 5) is 20.7. The fraction of sp³-hybridized carbons (Fsp3) is 0.600. The number of carbonyl (C=O) groups excluding carboxylic acids is 1. The second-order valence-electron chi connectivity index (χ2n) is 5.61. The molecule has 1 aliphatic heterocycles. The third-order valence-corrected chi connectivity index (χ3v) is 3.76. The summed E-state index contributed by atoms with van der Waals surface area (Å²) in [5.74, 6) is 0.0191. The lowest BCUT2D eigenvalue weighted by Gasteiger charge is -2.32. The molecule has 0 unspecified atom stereocenters. The van der Waals surface area contributed by atoms with Crippen molar-refractivity contribution in [3.63, 3.8) is 0 Å². The quantitative estimate of drug-likeness (QED) is 0.720. The number of hydrogen-bond acceptors (Lipinski definition) is 5. The van der Waals surface area contributed by atoms with Gasteiger partial charge in [0.15, 0.2) is 0 Å². The van der Waals surface area contributed by atoms with Crippen LogP contribution in [0.15, 0.2) is 18.3 Å². The molecule has 0 bridgehead atoms. The van der Waals surface area contributed by atoms with E-state index in [1.165, 1.54) is 0 Å². The van der Waals surface area contributed by atoms with Crippen molar-refractivity contribution in [3.05, 3.63) is 24.0 Å². The summed E-state index contributed by atoms with van der Waals surface area (Å²) in [6.45, 7) is 6.29. The number of nitrogens with one attached hydrogen (secondary N) is 1. The number of carbonyl (C=O) groups is 1. The maximum absolute atomic E-state index is 11.8. The summed E-state index contributed by atoms with van der Waals surface area (Å²) in [7, 11) is 2.16. The zero-order chi connectivity index (χ0) is 15.1. The Morgan fingerprint density at radius 1 is 1.33 bits per heavy atom. The van der Waals surface area contributed by atoms with Crippen molar-refractivity contribution < 1.29 is 4.79 Å². The lowest BCUT2D eigenvalue weighted by Crippen LogP contribution is -2.45. The molecule has 21 heavy (non-hydrogen) atoms. The van der Waals surface area contributed by atoms with Crippen LogP contribution in [0.25, 0.3) is 0 Å². The second-order valence-corrected chi connectivity index (χ2v) is 5.61. The Bertz CT molecular complexity index is 440. The molecule has 2 heterocycles. The van der Waals surface area contributed by atoms with Gasteiger partial charge in [-0.3, -0.25) is 9.78 Å².